The molecule has 0 spiro atoms. The number of benzene rings is 6. The first kappa shape index (κ1) is 64.3. The fraction of sp³-hybridized carbons (Fsp3) is 0.123. The molecule has 0 unspecified atom stereocenters. The molecule has 3 heterocycles. The number of hydrogen-bond acceptors (Lipinski definition) is 7. The maximum absolute atomic E-state index is 10.0. The molecule has 389 valence electrons. The van der Waals surface area contributed by atoms with Crippen LogP contribution >= 0.6 is 0 Å². The predicted octanol–water partition coefficient (Wildman–Crippen LogP) is 15.9. The van der Waals surface area contributed by atoms with Gasteiger partial charge in [0.2, 0.25) is 0 Å². The van der Waals surface area contributed by atoms with Crippen molar-refractivity contribution >= 4 is 11.6 Å². The van der Waals surface area contributed by atoms with Gasteiger partial charge in [0.25, 0.3) is 0 Å². The molecule has 9 rings (SSSR count). The van der Waals surface area contributed by atoms with Crippen LogP contribution in [0.25, 0.3) is 67.2 Å². The molecule has 75 heavy (non-hydrogen) atoms. The van der Waals surface area contributed by atoms with Gasteiger partial charge in [0.1, 0.15) is 0 Å². The van der Waals surface area contributed by atoms with Crippen LogP contribution in [0.15, 0.2) is 218 Å². The van der Waals surface area contributed by atoms with Crippen LogP contribution in [0.2, 0.25) is 0 Å². The molecule has 3 aromatic heterocycles. The first-order valence-electron chi connectivity index (χ1n) is 23.4. The number of ketones is 2. The number of aliphatic hydroxyl groups is 2. The molecule has 10 heteroatoms. The van der Waals surface area contributed by atoms with Crippen LogP contribution in [-0.2, 0) is 69.9 Å². The molecule has 0 saturated heterocycles. The smallest absolute Gasteiger partial charge is 0.155 e. The third kappa shape index (κ3) is 23.1. The molecule has 7 nitrogen and oxygen atoms in total. The first-order valence-corrected chi connectivity index (χ1v) is 23.4. The van der Waals surface area contributed by atoms with E-state index in [1.807, 2.05) is 116 Å². The SMILES string of the molecule is CC(=O)C=C(C)O.CC(=O)C=C(C)O.Cc1cc(C)cc(-c2ccc(-c3[c-]cccc3)nc2)c1.Cc1cc(C)cc(-c2ccc(-c3[c-]cccc3)nc2)c1.[Ir].[Ir].[Ir].[c-]1ccccc1-c1ccc(-c2ccccc2)cn1. The summed E-state index contributed by atoms with van der Waals surface area (Å²) in [6.45, 7) is 14.2. The second-order valence-corrected chi connectivity index (χ2v) is 17.0. The minimum atomic E-state index is -0.125. The number of rotatable bonds is 8. The molecule has 0 aliphatic carbocycles. The van der Waals surface area contributed by atoms with Crippen molar-refractivity contribution in [3.8, 4) is 67.2 Å². The van der Waals surface area contributed by atoms with Gasteiger partial charge >= 0.3 is 0 Å². The molecule has 0 fully saturated rings. The summed E-state index contributed by atoms with van der Waals surface area (Å²) in [5.74, 6) is -0.125. The Morgan fingerprint density at radius 2 is 0.667 bits per heavy atom. The quantitative estimate of drug-likeness (QED) is 0.0885. The molecule has 0 atom stereocenters. The Morgan fingerprint density at radius 3 is 0.893 bits per heavy atom. The van der Waals surface area contributed by atoms with E-state index < -0.39 is 0 Å². The van der Waals surface area contributed by atoms with Crippen LogP contribution in [0.1, 0.15) is 49.9 Å². The van der Waals surface area contributed by atoms with Gasteiger partial charge in [-0.15, -0.1) is 108 Å². The van der Waals surface area contributed by atoms with Gasteiger partial charge in [-0.25, -0.2) is 0 Å². The summed E-state index contributed by atoms with van der Waals surface area (Å²) >= 11 is 0. The second kappa shape index (κ2) is 33.9. The van der Waals surface area contributed by atoms with E-state index in [-0.39, 0.29) is 83.4 Å². The molecule has 6 aromatic carbocycles. The summed E-state index contributed by atoms with van der Waals surface area (Å²) < 4.78 is 0. The normalized spacial score (nSPS) is 10.2. The van der Waals surface area contributed by atoms with Gasteiger partial charge in [-0.05, 0) is 106 Å². The molecule has 9 aromatic rings. The van der Waals surface area contributed by atoms with Gasteiger partial charge < -0.3 is 25.2 Å². The van der Waals surface area contributed by atoms with Crippen LogP contribution in [0, 0.1) is 45.9 Å². The molecule has 0 aliphatic heterocycles. The maximum atomic E-state index is 10.0. The van der Waals surface area contributed by atoms with Crippen molar-refractivity contribution in [3.63, 3.8) is 0 Å². The van der Waals surface area contributed by atoms with Crippen LogP contribution in [0.5, 0.6) is 0 Å². The number of aromatic nitrogens is 3. The van der Waals surface area contributed by atoms with Gasteiger partial charge in [0.05, 0.1) is 11.5 Å². The first-order chi connectivity index (χ1) is 34.6. The molecular formula is C65H60Ir3N3O4-3. The Bertz CT molecular complexity index is 2900. The number of aryl methyl sites for hydroxylation is 4. The van der Waals surface area contributed by atoms with Crippen molar-refractivity contribution in [2.45, 2.75) is 55.4 Å². The summed E-state index contributed by atoms with van der Waals surface area (Å²) in [5, 5.41) is 16.7. The zero-order valence-corrected chi connectivity index (χ0v) is 50.4. The third-order valence-electron chi connectivity index (χ3n) is 10.3. The largest absolute Gasteiger partial charge is 0.512 e. The van der Waals surface area contributed by atoms with E-state index in [4.69, 9.17) is 10.2 Å². The molecule has 0 saturated carbocycles. The second-order valence-electron chi connectivity index (χ2n) is 17.0. The van der Waals surface area contributed by atoms with E-state index >= 15 is 0 Å². The summed E-state index contributed by atoms with van der Waals surface area (Å²) in [6, 6.07) is 69.2. The van der Waals surface area contributed by atoms with Crippen LogP contribution < -0.4 is 0 Å². The monoisotopic (exact) mass is 1530 g/mol. The average Bonchev–Trinajstić information content (AvgIpc) is 3.37. The summed E-state index contributed by atoms with van der Waals surface area (Å²) in [4.78, 5) is 33.6. The van der Waals surface area contributed by atoms with E-state index in [9.17, 15) is 9.59 Å². The van der Waals surface area contributed by atoms with Gasteiger partial charge in [0.15, 0.2) is 11.6 Å². The van der Waals surface area contributed by atoms with Gasteiger partial charge in [-0.3, -0.25) is 9.59 Å². The number of carbonyl (C=O) groups excluding carboxylic acids is 2. The number of aliphatic hydroxyl groups excluding tert-OH is 2. The third-order valence-corrected chi connectivity index (χ3v) is 10.3. The van der Waals surface area contributed by atoms with E-state index in [1.165, 1.54) is 78.8 Å². The molecule has 0 aliphatic rings. The van der Waals surface area contributed by atoms with Crippen molar-refractivity contribution in [3.05, 3.63) is 259 Å². The van der Waals surface area contributed by atoms with Gasteiger partial charge in [-0.2, -0.15) is 0 Å². The maximum Gasteiger partial charge on any atom is 0.155 e. The Kier molecular flexibility index (Phi) is 29.0. The summed E-state index contributed by atoms with van der Waals surface area (Å²) in [7, 11) is 0. The predicted molar refractivity (Wildman–Crippen MR) is 295 cm³/mol. The fourth-order valence-corrected chi connectivity index (χ4v) is 7.33. The Labute approximate surface area is 484 Å². The molecule has 0 amide bonds. The van der Waals surface area contributed by atoms with Crippen molar-refractivity contribution in [2.75, 3.05) is 0 Å². The molecule has 0 bridgehead atoms. The average molecular weight is 1520 g/mol. The van der Waals surface area contributed by atoms with E-state index in [2.05, 4.69) is 140 Å². The number of nitrogens with zero attached hydrogens (tertiary/aromatic N) is 3. The Balaban J connectivity index is 0.000000336. The minimum Gasteiger partial charge on any atom is -0.512 e. The summed E-state index contributed by atoms with van der Waals surface area (Å²) in [5.41, 5.74) is 18.1. The van der Waals surface area contributed by atoms with Crippen molar-refractivity contribution in [1.29, 1.82) is 0 Å². The van der Waals surface area contributed by atoms with E-state index in [0.717, 1.165) is 50.5 Å². The van der Waals surface area contributed by atoms with E-state index in [0.29, 0.717) is 0 Å². The molecular weight excluding hydrogens is 1460 g/mol. The summed E-state index contributed by atoms with van der Waals surface area (Å²) in [6.07, 6.45) is 8.11. The van der Waals surface area contributed by atoms with Crippen LogP contribution in [0.3, 0.4) is 0 Å². The zero-order chi connectivity index (χ0) is 51.8. The number of allylic oxidation sites excluding steroid dienone is 4. The topological polar surface area (TPSA) is 113 Å². The zero-order valence-electron chi connectivity index (χ0n) is 43.2. The Morgan fingerprint density at radius 1 is 0.373 bits per heavy atom. The number of pyridine rings is 3. The standard InChI is InChI=1S/2C19H16N.C17H12N.2C5H8O2.3Ir/c2*1-14-10-15(2)12-18(11-14)17-8-9-19(20-13-17)16-6-4-3-5-7-16;1-3-7-14(8-4-1)16-11-12-17(18-13-16)15-9-5-2-6-10-15;2*1-4(6)3-5(2)7;;;/h2*3-6,8-13H,1-2H3;1-9,11-13H;2*3,6H,1-2H3;;;/q3*-1;;;;;. The van der Waals surface area contributed by atoms with Crippen molar-refractivity contribution in [2.24, 2.45) is 0 Å². The number of hydrogen-bond donors (Lipinski definition) is 2. The van der Waals surface area contributed by atoms with Gasteiger partial charge in [-0.1, -0.05) is 125 Å². The number of carbonyl (C=O) groups is 2. The Hall–Kier alpha value is -6.86. The van der Waals surface area contributed by atoms with Crippen LogP contribution in [-0.4, -0.2) is 36.7 Å². The fourth-order valence-electron chi connectivity index (χ4n) is 7.33. The van der Waals surface area contributed by atoms with Crippen molar-refractivity contribution < 1.29 is 80.1 Å². The van der Waals surface area contributed by atoms with Gasteiger partial charge in [0, 0.05) is 91.1 Å². The molecule has 2 N–H and O–H groups in total. The molecule has 3 radical (unpaired) electrons. The minimum absolute atomic E-state index is 0. The van der Waals surface area contributed by atoms with Crippen molar-refractivity contribution in [1.82, 2.24) is 15.0 Å². The van der Waals surface area contributed by atoms with E-state index in [1.54, 1.807) is 0 Å². The van der Waals surface area contributed by atoms with Crippen LogP contribution in [0.4, 0.5) is 0 Å².